The molecule has 2 saturated heterocycles. The minimum absolute atomic E-state index is 0.0258. The van der Waals surface area contributed by atoms with Crippen LogP contribution in [0.4, 0.5) is 26.3 Å². The highest BCUT2D eigenvalue weighted by molar-refractivity contribution is 7.91. The van der Waals surface area contributed by atoms with Crippen LogP contribution in [0.3, 0.4) is 0 Å². The van der Waals surface area contributed by atoms with E-state index in [0.29, 0.717) is 0 Å². The minimum atomic E-state index is -4.75. The van der Waals surface area contributed by atoms with Crippen LogP contribution in [0.1, 0.15) is 55.5 Å². The first-order chi connectivity index (χ1) is 19.0. The Balaban J connectivity index is 1.36. The highest BCUT2D eigenvalue weighted by Gasteiger charge is 2.41. The van der Waals surface area contributed by atoms with Gasteiger partial charge in [0, 0.05) is 36.0 Å². The molecule has 8 nitrogen and oxygen atoms in total. The first-order valence-electron chi connectivity index (χ1n) is 13.0. The summed E-state index contributed by atoms with van der Waals surface area (Å²) in [4.78, 5) is 7.59. The molecule has 2 aliphatic heterocycles. The van der Waals surface area contributed by atoms with Gasteiger partial charge in [0.2, 0.25) is 0 Å². The number of nitrogens with one attached hydrogen (secondary N) is 1. The normalized spacial score (nSPS) is 25.9. The predicted molar refractivity (Wildman–Crippen MR) is 136 cm³/mol. The number of rotatable bonds is 5. The fourth-order valence-corrected chi connectivity index (χ4v) is 7.24. The molecule has 3 unspecified atom stereocenters. The van der Waals surface area contributed by atoms with Gasteiger partial charge in [0.05, 0.1) is 40.0 Å². The number of pyridine rings is 1. The van der Waals surface area contributed by atoms with Crippen molar-refractivity contribution in [3.05, 3.63) is 53.6 Å². The fourth-order valence-electron chi connectivity index (χ4n) is 5.77. The lowest BCUT2D eigenvalue weighted by Crippen LogP contribution is -2.53. The number of hydrogen-bond acceptors (Lipinski definition) is 7. The minimum Gasteiger partial charge on any atom is -0.492 e. The van der Waals surface area contributed by atoms with Crippen molar-refractivity contribution >= 4 is 20.9 Å². The standard InChI is InChI=1S/C26H28F6N4O4S/c1-15-10-24(37,16-2-3-22(33-12-16)26(30,31)32)11-17(35-15)13-40-19-8-20(25(27,28)29)23-21(9-19)34-14-36(23)18-4-6-41(38,39)7-5-18/h2-3,8-9,12,14-15,17-18,35,37H,4-7,10-11,13H2,1H3. The van der Waals surface area contributed by atoms with E-state index in [1.807, 2.05) is 0 Å². The van der Waals surface area contributed by atoms with Crippen LogP contribution in [0.2, 0.25) is 0 Å². The topological polar surface area (TPSA) is 106 Å². The largest absolute Gasteiger partial charge is 0.492 e. The fraction of sp³-hybridized carbons (Fsp3) is 0.538. The monoisotopic (exact) mass is 606 g/mol. The van der Waals surface area contributed by atoms with E-state index >= 15 is 0 Å². The van der Waals surface area contributed by atoms with E-state index in [1.165, 1.54) is 23.0 Å². The Morgan fingerprint density at radius 1 is 1.07 bits per heavy atom. The Morgan fingerprint density at radius 2 is 1.78 bits per heavy atom. The van der Waals surface area contributed by atoms with E-state index in [0.717, 1.165) is 18.3 Å². The number of piperidine rings is 1. The number of nitrogens with zero attached hydrogens (tertiary/aromatic N) is 3. The van der Waals surface area contributed by atoms with Crippen LogP contribution in [-0.4, -0.2) is 58.3 Å². The van der Waals surface area contributed by atoms with Crippen molar-refractivity contribution in [2.45, 2.75) is 68.7 Å². The summed E-state index contributed by atoms with van der Waals surface area (Å²) in [6.07, 6.45) is -6.52. The average Bonchev–Trinajstić information content (AvgIpc) is 3.29. The second-order valence-corrected chi connectivity index (χ2v) is 13.1. The van der Waals surface area contributed by atoms with Gasteiger partial charge in [-0.3, -0.25) is 4.98 Å². The molecule has 1 aromatic carbocycles. The third-order valence-electron chi connectivity index (χ3n) is 7.66. The summed E-state index contributed by atoms with van der Waals surface area (Å²) in [6, 6.07) is 2.95. The number of imidazole rings is 1. The zero-order valence-electron chi connectivity index (χ0n) is 21.8. The lowest BCUT2D eigenvalue weighted by molar-refractivity contribution is -0.141. The predicted octanol–water partition coefficient (Wildman–Crippen LogP) is 4.63. The molecule has 2 N–H and O–H groups in total. The van der Waals surface area contributed by atoms with Crippen LogP contribution in [0.15, 0.2) is 36.8 Å². The van der Waals surface area contributed by atoms with Crippen LogP contribution >= 0.6 is 0 Å². The van der Waals surface area contributed by atoms with Crippen molar-refractivity contribution < 1.29 is 44.6 Å². The van der Waals surface area contributed by atoms with Gasteiger partial charge in [0.15, 0.2) is 0 Å². The first kappa shape index (κ1) is 29.6. The zero-order chi connectivity index (χ0) is 29.8. The van der Waals surface area contributed by atoms with E-state index in [4.69, 9.17) is 4.74 Å². The number of sulfone groups is 1. The van der Waals surface area contributed by atoms with Gasteiger partial charge in [0.25, 0.3) is 0 Å². The van der Waals surface area contributed by atoms with Crippen LogP contribution in [0.5, 0.6) is 5.75 Å². The summed E-state index contributed by atoms with van der Waals surface area (Å²) in [7, 11) is -3.21. The van der Waals surface area contributed by atoms with Crippen LogP contribution in [0.25, 0.3) is 11.0 Å². The van der Waals surface area contributed by atoms with Crippen LogP contribution in [-0.2, 0) is 27.8 Å². The Hall–Kier alpha value is -2.91. The third-order valence-corrected chi connectivity index (χ3v) is 9.37. The Bertz CT molecular complexity index is 1510. The maximum Gasteiger partial charge on any atom is 0.433 e. The first-order valence-corrected chi connectivity index (χ1v) is 14.8. The molecule has 0 spiro atoms. The Labute approximate surface area is 231 Å². The van der Waals surface area contributed by atoms with Gasteiger partial charge in [0.1, 0.15) is 27.9 Å². The number of benzene rings is 1. The maximum absolute atomic E-state index is 14.2. The van der Waals surface area contributed by atoms with Crippen molar-refractivity contribution in [1.82, 2.24) is 19.9 Å². The molecule has 41 heavy (non-hydrogen) atoms. The molecule has 0 aliphatic carbocycles. The average molecular weight is 607 g/mol. The number of hydrogen-bond donors (Lipinski definition) is 2. The second-order valence-electron chi connectivity index (χ2n) is 10.8. The van der Waals surface area contributed by atoms with Gasteiger partial charge >= 0.3 is 12.4 Å². The smallest absolute Gasteiger partial charge is 0.433 e. The lowest BCUT2D eigenvalue weighted by atomic mass is 9.79. The number of ether oxygens (including phenoxy) is 1. The summed E-state index contributed by atoms with van der Waals surface area (Å²) < 4.78 is 112. The molecule has 0 radical (unpaired) electrons. The second kappa shape index (κ2) is 10.4. The molecule has 3 atom stereocenters. The molecular weight excluding hydrogens is 578 g/mol. The maximum atomic E-state index is 14.2. The Kier molecular flexibility index (Phi) is 7.52. The van der Waals surface area contributed by atoms with Gasteiger partial charge in [-0.2, -0.15) is 26.3 Å². The van der Waals surface area contributed by atoms with Crippen LogP contribution in [0, 0.1) is 0 Å². The van der Waals surface area contributed by atoms with E-state index in [9.17, 15) is 39.9 Å². The molecule has 4 heterocycles. The summed E-state index contributed by atoms with van der Waals surface area (Å²) in [6.45, 7) is 1.64. The third kappa shape index (κ3) is 6.31. The van der Waals surface area contributed by atoms with Gasteiger partial charge in [-0.15, -0.1) is 0 Å². The SMILES string of the molecule is CC1CC(O)(c2ccc(C(F)(F)F)nc2)CC(COc2cc(C(F)(F)F)c3c(c2)ncn3C2CCS(=O)(=O)CC2)N1. The molecule has 224 valence electrons. The van der Waals surface area contributed by atoms with Crippen molar-refractivity contribution in [3.8, 4) is 5.75 Å². The molecule has 2 aromatic heterocycles. The molecule has 15 heteroatoms. The number of alkyl halides is 6. The molecule has 0 bridgehead atoms. The van der Waals surface area contributed by atoms with Gasteiger partial charge in [-0.25, -0.2) is 13.4 Å². The van der Waals surface area contributed by atoms with E-state index in [-0.39, 0.29) is 72.2 Å². The van der Waals surface area contributed by atoms with E-state index in [1.54, 1.807) is 6.92 Å². The number of aliphatic hydroxyl groups is 1. The van der Waals surface area contributed by atoms with Gasteiger partial charge < -0.3 is 19.7 Å². The Morgan fingerprint density at radius 3 is 2.39 bits per heavy atom. The van der Waals surface area contributed by atoms with Crippen molar-refractivity contribution in [2.75, 3.05) is 18.1 Å². The highest BCUT2D eigenvalue weighted by Crippen LogP contribution is 2.40. The van der Waals surface area contributed by atoms with Crippen molar-refractivity contribution in [1.29, 1.82) is 0 Å². The summed E-state index contributed by atoms with van der Waals surface area (Å²) in [5.41, 5.74) is -3.48. The van der Waals surface area contributed by atoms with E-state index < -0.39 is 51.1 Å². The number of aromatic nitrogens is 3. The molecule has 0 amide bonds. The summed E-state index contributed by atoms with van der Waals surface area (Å²) in [5.74, 6) is -0.315. The number of fused-ring (bicyclic) bond motifs is 1. The van der Waals surface area contributed by atoms with Gasteiger partial charge in [-0.1, -0.05) is 6.07 Å². The highest BCUT2D eigenvalue weighted by atomic mass is 32.2. The summed E-state index contributed by atoms with van der Waals surface area (Å²) >= 11 is 0. The van der Waals surface area contributed by atoms with Gasteiger partial charge in [-0.05, 0) is 44.7 Å². The lowest BCUT2D eigenvalue weighted by Gasteiger charge is -2.41. The molecule has 5 rings (SSSR count). The molecule has 3 aromatic rings. The van der Waals surface area contributed by atoms with Crippen molar-refractivity contribution in [3.63, 3.8) is 0 Å². The van der Waals surface area contributed by atoms with Crippen molar-refractivity contribution in [2.24, 2.45) is 0 Å². The molecule has 0 saturated carbocycles. The zero-order valence-corrected chi connectivity index (χ0v) is 22.7. The van der Waals surface area contributed by atoms with Crippen LogP contribution < -0.4 is 10.1 Å². The quantitative estimate of drug-likeness (QED) is 0.408. The molecular formula is C26H28F6N4O4S. The molecule has 2 fully saturated rings. The summed E-state index contributed by atoms with van der Waals surface area (Å²) in [5, 5.41) is 14.5. The van der Waals surface area contributed by atoms with E-state index in [2.05, 4.69) is 15.3 Å². The number of halogens is 6. The molecule has 2 aliphatic rings.